The third-order valence-electron chi connectivity index (χ3n) is 19.4. The van der Waals surface area contributed by atoms with Gasteiger partial charge in [-0.1, -0.05) is 438 Å². The van der Waals surface area contributed by atoms with Crippen LogP contribution in [0.1, 0.15) is 476 Å². The predicted molar refractivity (Wildman–Crippen MR) is 380 cm³/mol. The summed E-state index contributed by atoms with van der Waals surface area (Å²) in [6, 6.07) is -0.537. The largest absolute Gasteiger partial charge is 0.466 e. The second-order valence-corrected chi connectivity index (χ2v) is 28.1. The summed E-state index contributed by atoms with van der Waals surface area (Å²) >= 11 is 0. The smallest absolute Gasteiger partial charge is 0.305 e. The van der Waals surface area contributed by atoms with Crippen LogP contribution in [0.2, 0.25) is 0 Å². The van der Waals surface area contributed by atoms with Crippen molar-refractivity contribution in [1.82, 2.24) is 5.32 Å². The lowest BCUT2D eigenvalue weighted by molar-refractivity contribution is -0.143. The van der Waals surface area contributed by atoms with E-state index in [-0.39, 0.29) is 18.5 Å². The molecule has 6 nitrogen and oxygen atoms in total. The Morgan fingerprint density at radius 1 is 0.279 bits per heavy atom. The molecule has 6 heteroatoms. The second kappa shape index (κ2) is 76.3. The van der Waals surface area contributed by atoms with E-state index >= 15 is 0 Å². The van der Waals surface area contributed by atoms with Gasteiger partial charge in [0, 0.05) is 12.8 Å². The Kier molecular flexibility index (Phi) is 75.3. The molecule has 514 valence electrons. The summed E-state index contributed by atoms with van der Waals surface area (Å²) in [5, 5.41) is 23.5. The zero-order valence-corrected chi connectivity index (χ0v) is 59.1. The first kappa shape index (κ1) is 84.9. The number of hydrogen-bond acceptors (Lipinski definition) is 5. The number of nitrogens with one attached hydrogen (secondary N) is 1. The molecule has 0 bridgehead atoms. The predicted octanol–water partition coefficient (Wildman–Crippen LogP) is 26.5. The Labute approximate surface area is 540 Å². The normalized spacial score (nSPS) is 12.4. The zero-order chi connectivity index (χ0) is 62.0. The van der Waals surface area contributed by atoms with Crippen molar-refractivity contribution in [3.63, 3.8) is 0 Å². The average molecular weight is 1220 g/mol. The number of aliphatic hydroxyl groups is 2. The minimum absolute atomic E-state index is 0.0231. The summed E-state index contributed by atoms with van der Waals surface area (Å²) < 4.78 is 5.48. The van der Waals surface area contributed by atoms with Gasteiger partial charge in [0.25, 0.3) is 0 Å². The number of esters is 1. The second-order valence-electron chi connectivity index (χ2n) is 28.1. The van der Waals surface area contributed by atoms with Gasteiger partial charge in [-0.25, -0.2) is 0 Å². The fourth-order valence-electron chi connectivity index (χ4n) is 13.3. The number of aliphatic hydroxyl groups excluding tert-OH is 2. The highest BCUT2D eigenvalue weighted by Gasteiger charge is 2.20. The molecule has 0 aliphatic heterocycles. The molecule has 0 aliphatic rings. The highest BCUT2D eigenvalue weighted by molar-refractivity contribution is 5.76. The molecule has 0 spiro atoms. The number of amides is 1. The third kappa shape index (κ3) is 71.9. The Balaban J connectivity index is 3.30. The van der Waals surface area contributed by atoms with Crippen LogP contribution in [-0.2, 0) is 14.3 Å². The van der Waals surface area contributed by atoms with E-state index in [9.17, 15) is 19.8 Å². The molecule has 0 aromatic carbocycles. The van der Waals surface area contributed by atoms with Gasteiger partial charge in [0.1, 0.15) is 0 Å². The lowest BCUT2D eigenvalue weighted by Crippen LogP contribution is -2.45. The van der Waals surface area contributed by atoms with Crippen LogP contribution in [0.25, 0.3) is 0 Å². The molecular formula is C80H159NO5. The Hall–Kier alpha value is -1.14. The fraction of sp³-hybridized carbons (Fsp3) is 0.975. The highest BCUT2D eigenvalue weighted by Crippen LogP contribution is 2.21. The van der Waals surface area contributed by atoms with Crippen molar-refractivity contribution in [1.29, 1.82) is 0 Å². The molecular weight excluding hydrogens is 1050 g/mol. The van der Waals surface area contributed by atoms with Gasteiger partial charge in [0.2, 0.25) is 5.91 Å². The number of unbranched alkanes of at least 4 members (excludes halogenated alkanes) is 66. The average Bonchev–Trinajstić information content (AvgIpc) is 3.58. The SMILES string of the molecule is CCCCCCCCCCCCCCCCCCCCCCCC(O)C(CO)NC(=O)CCCCCCCCCCCCCCCCCCCCCCCCCCCCCCCCCCCCCCCOC(=O)CCCCCCCCCCCCC. The maximum atomic E-state index is 12.6. The van der Waals surface area contributed by atoms with Crippen molar-refractivity contribution in [2.24, 2.45) is 0 Å². The van der Waals surface area contributed by atoms with Crippen molar-refractivity contribution in [3.8, 4) is 0 Å². The first-order chi connectivity index (χ1) is 42.5. The monoisotopic (exact) mass is 1210 g/mol. The van der Waals surface area contributed by atoms with Gasteiger partial charge in [0.05, 0.1) is 25.4 Å². The van der Waals surface area contributed by atoms with Gasteiger partial charge < -0.3 is 20.3 Å². The van der Waals surface area contributed by atoms with Gasteiger partial charge in [-0.15, -0.1) is 0 Å². The molecule has 0 rings (SSSR count). The van der Waals surface area contributed by atoms with Gasteiger partial charge >= 0.3 is 5.97 Å². The summed E-state index contributed by atoms with van der Waals surface area (Å²) in [6.45, 7) is 5.01. The van der Waals surface area contributed by atoms with Gasteiger partial charge in [-0.3, -0.25) is 9.59 Å². The molecule has 0 saturated carbocycles. The van der Waals surface area contributed by atoms with Crippen LogP contribution in [0.5, 0.6) is 0 Å². The number of carbonyl (C=O) groups excluding carboxylic acids is 2. The molecule has 0 fully saturated rings. The molecule has 0 heterocycles. The number of rotatable bonds is 77. The van der Waals surface area contributed by atoms with Gasteiger partial charge in [-0.2, -0.15) is 0 Å². The maximum Gasteiger partial charge on any atom is 0.305 e. The van der Waals surface area contributed by atoms with E-state index in [1.807, 2.05) is 0 Å². The molecule has 3 N–H and O–H groups in total. The van der Waals surface area contributed by atoms with E-state index in [0.717, 1.165) is 38.5 Å². The topological polar surface area (TPSA) is 95.9 Å². The number of ether oxygens (including phenoxy) is 1. The molecule has 2 atom stereocenters. The maximum absolute atomic E-state index is 12.6. The molecule has 0 aromatic rings. The molecule has 0 aromatic heterocycles. The van der Waals surface area contributed by atoms with Gasteiger partial charge in [0.15, 0.2) is 0 Å². The van der Waals surface area contributed by atoms with Crippen LogP contribution >= 0.6 is 0 Å². The first-order valence-corrected chi connectivity index (χ1v) is 40.3. The molecule has 2 unspecified atom stereocenters. The molecule has 0 saturated heterocycles. The Morgan fingerprint density at radius 3 is 0.709 bits per heavy atom. The summed E-state index contributed by atoms with van der Waals surface area (Å²) in [4.78, 5) is 24.6. The molecule has 1 amide bonds. The van der Waals surface area contributed by atoms with Gasteiger partial charge in [-0.05, 0) is 25.7 Å². The first-order valence-electron chi connectivity index (χ1n) is 40.3. The van der Waals surface area contributed by atoms with E-state index in [0.29, 0.717) is 25.9 Å². The van der Waals surface area contributed by atoms with Crippen LogP contribution in [0.15, 0.2) is 0 Å². The summed E-state index contributed by atoms with van der Waals surface area (Å²) in [6.07, 6.45) is 95.0. The van der Waals surface area contributed by atoms with E-state index in [1.165, 1.54) is 405 Å². The summed E-state index contributed by atoms with van der Waals surface area (Å²) in [7, 11) is 0. The van der Waals surface area contributed by atoms with E-state index in [4.69, 9.17) is 4.74 Å². The number of hydrogen-bond donors (Lipinski definition) is 3. The van der Waals surface area contributed by atoms with Crippen molar-refractivity contribution >= 4 is 11.9 Å². The Morgan fingerprint density at radius 2 is 0.477 bits per heavy atom. The van der Waals surface area contributed by atoms with Crippen molar-refractivity contribution in [3.05, 3.63) is 0 Å². The van der Waals surface area contributed by atoms with E-state index in [1.54, 1.807) is 0 Å². The number of carbonyl (C=O) groups is 2. The van der Waals surface area contributed by atoms with Crippen LogP contribution in [0.4, 0.5) is 0 Å². The summed E-state index contributed by atoms with van der Waals surface area (Å²) in [5.74, 6) is 0.00128. The van der Waals surface area contributed by atoms with Crippen LogP contribution in [-0.4, -0.2) is 47.4 Å². The van der Waals surface area contributed by atoms with Crippen molar-refractivity contribution in [2.45, 2.75) is 488 Å². The Bertz CT molecular complexity index is 1260. The highest BCUT2D eigenvalue weighted by atomic mass is 16.5. The standard InChI is InChI=1S/C80H159NO5/c1-3-5-7-9-11-13-15-16-17-18-19-37-40-43-46-49-53-56-60-64-68-72-78(83)77(76-82)81-79(84)73-69-65-61-57-54-50-47-44-41-38-35-33-31-29-27-25-23-21-20-22-24-26-28-30-32-34-36-39-42-45-48-51-55-59-63-67-71-75-86-80(85)74-70-66-62-58-52-14-12-10-8-6-4-2/h77-78,82-83H,3-76H2,1-2H3,(H,81,84). The third-order valence-corrected chi connectivity index (χ3v) is 19.4. The zero-order valence-electron chi connectivity index (χ0n) is 59.1. The van der Waals surface area contributed by atoms with Crippen LogP contribution in [0.3, 0.4) is 0 Å². The molecule has 86 heavy (non-hydrogen) atoms. The fourth-order valence-corrected chi connectivity index (χ4v) is 13.3. The van der Waals surface area contributed by atoms with E-state index < -0.39 is 12.1 Å². The lowest BCUT2D eigenvalue weighted by atomic mass is 10.0. The van der Waals surface area contributed by atoms with E-state index in [2.05, 4.69) is 19.2 Å². The molecule has 0 aliphatic carbocycles. The van der Waals surface area contributed by atoms with Crippen molar-refractivity contribution in [2.75, 3.05) is 13.2 Å². The van der Waals surface area contributed by atoms with Crippen LogP contribution < -0.4 is 5.32 Å². The minimum Gasteiger partial charge on any atom is -0.466 e. The summed E-state index contributed by atoms with van der Waals surface area (Å²) in [5.41, 5.74) is 0. The molecule has 0 radical (unpaired) electrons. The minimum atomic E-state index is -0.660. The van der Waals surface area contributed by atoms with Crippen molar-refractivity contribution < 1.29 is 24.5 Å². The quantitative estimate of drug-likeness (QED) is 0.0417. The van der Waals surface area contributed by atoms with Crippen LogP contribution in [0, 0.1) is 0 Å². The lowest BCUT2D eigenvalue weighted by Gasteiger charge is -2.22.